The molecular formula is C19H19N3O4S. The van der Waals surface area contributed by atoms with Gasteiger partial charge in [0, 0.05) is 11.3 Å². The third-order valence-corrected chi connectivity index (χ3v) is 4.43. The van der Waals surface area contributed by atoms with Gasteiger partial charge in [-0.25, -0.2) is 8.42 Å². The van der Waals surface area contributed by atoms with Crippen LogP contribution < -0.4 is 15.2 Å². The Bertz CT molecular complexity index is 1090. The van der Waals surface area contributed by atoms with E-state index in [0.717, 1.165) is 6.26 Å². The molecule has 8 heteroatoms. The number of amides is 1. The molecule has 2 aromatic carbocycles. The maximum Gasteiger partial charge on any atom is 0.250 e. The van der Waals surface area contributed by atoms with E-state index in [1.165, 1.54) is 0 Å². The lowest BCUT2D eigenvalue weighted by molar-refractivity contribution is 0.1000. The highest BCUT2D eigenvalue weighted by Gasteiger charge is 2.18. The monoisotopic (exact) mass is 385 g/mol. The predicted molar refractivity (Wildman–Crippen MR) is 104 cm³/mol. The van der Waals surface area contributed by atoms with E-state index in [-0.39, 0.29) is 5.69 Å². The van der Waals surface area contributed by atoms with Crippen molar-refractivity contribution in [2.75, 3.05) is 11.0 Å². The number of aromatic amines is 1. The molecule has 0 aliphatic rings. The van der Waals surface area contributed by atoms with Gasteiger partial charge in [-0.05, 0) is 37.3 Å². The van der Waals surface area contributed by atoms with E-state index in [4.69, 9.17) is 10.5 Å². The van der Waals surface area contributed by atoms with Gasteiger partial charge in [0.05, 0.1) is 23.2 Å². The number of benzene rings is 2. The molecule has 1 amide bonds. The maximum absolute atomic E-state index is 11.8. The molecule has 0 bridgehead atoms. The number of nitrogens with one attached hydrogen (secondary N) is 2. The number of hydrogen-bond acceptors (Lipinski definition) is 4. The molecule has 1 aromatic heterocycles. The van der Waals surface area contributed by atoms with Crippen molar-refractivity contribution in [1.29, 1.82) is 0 Å². The zero-order valence-electron chi connectivity index (χ0n) is 14.8. The fourth-order valence-electron chi connectivity index (χ4n) is 2.70. The SMILES string of the molecule is Cc1[nH]c(-c2cccc(NS(C)(=O)=O)c2Oc2ccccc2)cc1C(N)=O. The van der Waals surface area contributed by atoms with Crippen molar-refractivity contribution in [2.24, 2.45) is 5.73 Å². The third-order valence-electron chi connectivity index (χ3n) is 3.84. The number of carbonyl (C=O) groups excluding carboxylic acids is 1. The average molecular weight is 385 g/mol. The largest absolute Gasteiger partial charge is 0.454 e. The first-order valence-electron chi connectivity index (χ1n) is 8.08. The summed E-state index contributed by atoms with van der Waals surface area (Å²) in [7, 11) is -3.52. The van der Waals surface area contributed by atoms with Gasteiger partial charge in [0.15, 0.2) is 5.75 Å². The molecule has 0 atom stereocenters. The van der Waals surface area contributed by atoms with Crippen LogP contribution in [0.3, 0.4) is 0 Å². The van der Waals surface area contributed by atoms with E-state index in [1.807, 2.05) is 18.2 Å². The van der Waals surface area contributed by atoms with Crippen LogP contribution in [-0.4, -0.2) is 25.6 Å². The summed E-state index contributed by atoms with van der Waals surface area (Å²) >= 11 is 0. The molecule has 27 heavy (non-hydrogen) atoms. The van der Waals surface area contributed by atoms with Crippen molar-refractivity contribution >= 4 is 21.6 Å². The summed E-state index contributed by atoms with van der Waals surface area (Å²) in [5.74, 6) is 0.303. The van der Waals surface area contributed by atoms with Crippen molar-refractivity contribution in [2.45, 2.75) is 6.92 Å². The molecule has 140 valence electrons. The Kier molecular flexibility index (Phi) is 4.91. The summed E-state index contributed by atoms with van der Waals surface area (Å²) in [6.07, 6.45) is 1.07. The zero-order valence-corrected chi connectivity index (χ0v) is 15.6. The number of rotatable bonds is 6. The van der Waals surface area contributed by atoms with Crippen LogP contribution in [-0.2, 0) is 10.0 Å². The minimum atomic E-state index is -3.52. The second-order valence-electron chi connectivity index (χ2n) is 6.06. The van der Waals surface area contributed by atoms with Gasteiger partial charge in [-0.15, -0.1) is 0 Å². The molecule has 0 fully saturated rings. The van der Waals surface area contributed by atoms with E-state index in [2.05, 4.69) is 9.71 Å². The van der Waals surface area contributed by atoms with Gasteiger partial charge in [0.2, 0.25) is 10.0 Å². The normalized spacial score (nSPS) is 11.2. The van der Waals surface area contributed by atoms with Crippen LogP contribution in [0.15, 0.2) is 54.6 Å². The Morgan fingerprint density at radius 3 is 2.41 bits per heavy atom. The molecule has 7 nitrogen and oxygen atoms in total. The lowest BCUT2D eigenvalue weighted by Gasteiger charge is -2.15. The molecule has 0 unspecified atom stereocenters. The number of aryl methyl sites for hydroxylation is 1. The number of aromatic nitrogens is 1. The number of primary amides is 1. The Labute approximate surface area is 157 Å². The number of para-hydroxylation sites is 2. The molecule has 3 rings (SSSR count). The van der Waals surface area contributed by atoms with E-state index in [9.17, 15) is 13.2 Å². The van der Waals surface area contributed by atoms with Crippen LogP contribution in [0.5, 0.6) is 11.5 Å². The third kappa shape index (κ3) is 4.29. The molecule has 3 aromatic rings. The highest BCUT2D eigenvalue weighted by molar-refractivity contribution is 7.92. The summed E-state index contributed by atoms with van der Waals surface area (Å²) in [5.41, 5.74) is 7.83. The molecule has 0 saturated heterocycles. The summed E-state index contributed by atoms with van der Waals surface area (Å²) in [5, 5.41) is 0. The Morgan fingerprint density at radius 2 is 1.81 bits per heavy atom. The summed E-state index contributed by atoms with van der Waals surface area (Å²) < 4.78 is 32.0. The van der Waals surface area contributed by atoms with E-state index >= 15 is 0 Å². The van der Waals surface area contributed by atoms with Crippen LogP contribution >= 0.6 is 0 Å². The van der Waals surface area contributed by atoms with E-state index in [0.29, 0.717) is 34.0 Å². The van der Waals surface area contributed by atoms with Gasteiger partial charge in [0.25, 0.3) is 5.91 Å². The van der Waals surface area contributed by atoms with Crippen LogP contribution in [0.25, 0.3) is 11.3 Å². The number of hydrogen-bond donors (Lipinski definition) is 3. The van der Waals surface area contributed by atoms with Crippen molar-refractivity contribution < 1.29 is 17.9 Å². The zero-order chi connectivity index (χ0) is 19.6. The number of anilines is 1. The first-order valence-corrected chi connectivity index (χ1v) is 9.97. The van der Waals surface area contributed by atoms with E-state index in [1.54, 1.807) is 43.3 Å². The van der Waals surface area contributed by atoms with Gasteiger partial charge in [-0.1, -0.05) is 24.3 Å². The number of H-pyrrole nitrogens is 1. The van der Waals surface area contributed by atoms with Crippen molar-refractivity contribution in [3.8, 4) is 22.8 Å². The molecular weight excluding hydrogens is 366 g/mol. The van der Waals surface area contributed by atoms with Crippen LogP contribution in [0.1, 0.15) is 16.1 Å². The molecule has 4 N–H and O–H groups in total. The first-order chi connectivity index (χ1) is 12.7. The number of nitrogens with two attached hydrogens (primary N) is 1. The van der Waals surface area contributed by atoms with Crippen LogP contribution in [0.4, 0.5) is 5.69 Å². The summed E-state index contributed by atoms with van der Waals surface area (Å²) in [6, 6.07) is 15.7. The minimum Gasteiger partial charge on any atom is -0.454 e. The fraction of sp³-hybridized carbons (Fsp3) is 0.105. The molecule has 0 radical (unpaired) electrons. The fourth-order valence-corrected chi connectivity index (χ4v) is 3.26. The Hall–Kier alpha value is -3.26. The van der Waals surface area contributed by atoms with Gasteiger partial charge < -0.3 is 15.5 Å². The minimum absolute atomic E-state index is 0.284. The maximum atomic E-state index is 11.8. The van der Waals surface area contributed by atoms with Crippen molar-refractivity contribution in [3.63, 3.8) is 0 Å². The Balaban J connectivity index is 2.16. The van der Waals surface area contributed by atoms with E-state index < -0.39 is 15.9 Å². The second-order valence-corrected chi connectivity index (χ2v) is 7.81. The molecule has 0 saturated carbocycles. The average Bonchev–Trinajstić information content (AvgIpc) is 2.98. The number of carbonyl (C=O) groups is 1. The number of ether oxygens (including phenoxy) is 1. The second kappa shape index (κ2) is 7.16. The topological polar surface area (TPSA) is 114 Å². The lowest BCUT2D eigenvalue weighted by atomic mass is 10.1. The highest BCUT2D eigenvalue weighted by Crippen LogP contribution is 2.40. The standard InChI is InChI=1S/C19H19N3O4S/c1-12-15(19(20)23)11-17(21-12)14-9-6-10-16(22-27(2,24)25)18(14)26-13-7-4-3-5-8-13/h3-11,21-22H,1-2H3,(H2,20,23). The van der Waals surface area contributed by atoms with Gasteiger partial charge in [0.1, 0.15) is 5.75 Å². The van der Waals surface area contributed by atoms with Gasteiger partial charge >= 0.3 is 0 Å². The van der Waals surface area contributed by atoms with Crippen LogP contribution in [0, 0.1) is 6.92 Å². The van der Waals surface area contributed by atoms with Gasteiger partial charge in [-0.2, -0.15) is 0 Å². The summed E-state index contributed by atoms with van der Waals surface area (Å²) in [6.45, 7) is 1.74. The molecule has 0 aliphatic carbocycles. The van der Waals surface area contributed by atoms with Crippen molar-refractivity contribution in [1.82, 2.24) is 4.98 Å². The quantitative estimate of drug-likeness (QED) is 0.604. The number of sulfonamides is 1. The highest BCUT2D eigenvalue weighted by atomic mass is 32.2. The predicted octanol–water partition coefficient (Wildman–Crippen LogP) is 3.25. The van der Waals surface area contributed by atoms with Crippen LogP contribution in [0.2, 0.25) is 0 Å². The van der Waals surface area contributed by atoms with Gasteiger partial charge in [-0.3, -0.25) is 9.52 Å². The molecule has 0 spiro atoms. The lowest BCUT2D eigenvalue weighted by Crippen LogP contribution is -2.11. The van der Waals surface area contributed by atoms with Crippen molar-refractivity contribution in [3.05, 3.63) is 65.9 Å². The first kappa shape index (κ1) is 18.5. The molecule has 0 aliphatic heterocycles. The smallest absolute Gasteiger partial charge is 0.250 e. The molecule has 1 heterocycles. The summed E-state index contributed by atoms with van der Waals surface area (Å²) in [4.78, 5) is 14.7. The Morgan fingerprint density at radius 1 is 1.11 bits per heavy atom.